The fourth-order valence-corrected chi connectivity index (χ4v) is 1.85. The van der Waals surface area contributed by atoms with Crippen LogP contribution in [0.1, 0.15) is 12.0 Å². The highest BCUT2D eigenvalue weighted by Gasteiger charge is 1.98. The van der Waals surface area contributed by atoms with Crippen LogP contribution in [0.4, 0.5) is 0 Å². The lowest BCUT2D eigenvalue weighted by atomic mass is 10.0. The predicted octanol–water partition coefficient (Wildman–Crippen LogP) is 4.13. The zero-order chi connectivity index (χ0) is 12.1. The van der Waals surface area contributed by atoms with E-state index in [9.17, 15) is 0 Å². The number of rotatable bonds is 4. The van der Waals surface area contributed by atoms with Crippen LogP contribution < -0.4 is 4.74 Å². The summed E-state index contributed by atoms with van der Waals surface area (Å²) in [4.78, 5) is 0. The van der Waals surface area contributed by atoms with Gasteiger partial charge >= 0.3 is 0 Å². The van der Waals surface area contributed by atoms with Crippen molar-refractivity contribution in [2.45, 2.75) is 12.8 Å². The lowest BCUT2D eigenvalue weighted by molar-refractivity contribution is 0.415. The van der Waals surface area contributed by atoms with Gasteiger partial charge in [0.2, 0.25) is 0 Å². The molecule has 0 aromatic heterocycles. The van der Waals surface area contributed by atoms with Crippen LogP contribution in [0.5, 0.6) is 5.75 Å². The van der Waals surface area contributed by atoms with Crippen molar-refractivity contribution < 1.29 is 4.74 Å². The normalized spacial score (nSPS) is 10.2. The van der Waals surface area contributed by atoms with E-state index in [0.717, 1.165) is 18.6 Å². The molecule has 1 nitrogen and oxygen atoms in total. The van der Waals surface area contributed by atoms with Crippen molar-refractivity contribution in [1.29, 1.82) is 0 Å². The topological polar surface area (TPSA) is 9.23 Å². The molecule has 1 radical (unpaired) electrons. The number of benzene rings is 2. The van der Waals surface area contributed by atoms with Gasteiger partial charge < -0.3 is 4.74 Å². The first-order valence-electron chi connectivity index (χ1n) is 5.86. The highest BCUT2D eigenvalue weighted by Crippen LogP contribution is 2.22. The molecule has 0 aliphatic rings. The Bertz CT molecular complexity index is 454. The second-order valence-corrected chi connectivity index (χ2v) is 4.03. The van der Waals surface area contributed by atoms with Crippen molar-refractivity contribution in [1.82, 2.24) is 0 Å². The van der Waals surface area contributed by atoms with Crippen LogP contribution in [-0.4, -0.2) is 7.11 Å². The van der Waals surface area contributed by atoms with E-state index in [0.29, 0.717) is 0 Å². The molecule has 0 fully saturated rings. The summed E-state index contributed by atoms with van der Waals surface area (Å²) in [6, 6.07) is 16.8. The standard InChI is InChI=1S/C16H17O/c1-3-4-13-5-7-14(8-6-13)15-9-11-16(17-2)12-10-15/h5-12H,1,3-4H2,2H3. The number of hydrogen-bond donors (Lipinski definition) is 0. The van der Waals surface area contributed by atoms with E-state index in [1.165, 1.54) is 16.7 Å². The third kappa shape index (κ3) is 2.88. The first kappa shape index (κ1) is 11.7. The van der Waals surface area contributed by atoms with E-state index in [2.05, 4.69) is 43.3 Å². The third-order valence-corrected chi connectivity index (χ3v) is 2.84. The molecule has 0 heterocycles. The molecule has 2 aromatic rings. The minimum atomic E-state index is 0.891. The molecule has 0 saturated heterocycles. The minimum absolute atomic E-state index is 0.891. The van der Waals surface area contributed by atoms with Gasteiger partial charge in [-0.05, 0) is 41.7 Å². The van der Waals surface area contributed by atoms with E-state index in [4.69, 9.17) is 4.74 Å². The highest BCUT2D eigenvalue weighted by atomic mass is 16.5. The molecule has 0 spiro atoms. The Hall–Kier alpha value is -1.76. The van der Waals surface area contributed by atoms with Crippen LogP contribution in [0.15, 0.2) is 48.5 Å². The van der Waals surface area contributed by atoms with Crippen molar-refractivity contribution >= 4 is 0 Å². The summed E-state index contributed by atoms with van der Waals surface area (Å²) in [5.74, 6) is 0.891. The second kappa shape index (κ2) is 5.53. The van der Waals surface area contributed by atoms with Crippen LogP contribution in [0.3, 0.4) is 0 Å². The Labute approximate surface area is 103 Å². The molecule has 0 amide bonds. The Balaban J connectivity index is 2.20. The van der Waals surface area contributed by atoms with Gasteiger partial charge in [-0.1, -0.05) is 43.3 Å². The Morgan fingerprint density at radius 3 is 1.88 bits per heavy atom. The Kier molecular flexibility index (Phi) is 3.81. The maximum atomic E-state index is 5.15. The lowest BCUT2D eigenvalue weighted by Crippen LogP contribution is -1.85. The van der Waals surface area contributed by atoms with Gasteiger partial charge in [0.25, 0.3) is 0 Å². The van der Waals surface area contributed by atoms with Crippen LogP contribution in [0.25, 0.3) is 11.1 Å². The summed E-state index contributed by atoms with van der Waals surface area (Å²) < 4.78 is 5.15. The summed E-state index contributed by atoms with van der Waals surface area (Å²) >= 11 is 0. The molecule has 1 heteroatoms. The smallest absolute Gasteiger partial charge is 0.118 e. The zero-order valence-electron chi connectivity index (χ0n) is 10.1. The molecule has 0 atom stereocenters. The predicted molar refractivity (Wildman–Crippen MR) is 72.1 cm³/mol. The fraction of sp³-hybridized carbons (Fsp3) is 0.188. The van der Waals surface area contributed by atoms with Crippen LogP contribution in [0, 0.1) is 6.92 Å². The average molecular weight is 225 g/mol. The molecular formula is C16H17O. The molecule has 17 heavy (non-hydrogen) atoms. The summed E-state index contributed by atoms with van der Waals surface area (Å²) in [6.07, 6.45) is 1.99. The zero-order valence-corrected chi connectivity index (χ0v) is 10.1. The van der Waals surface area contributed by atoms with Crippen molar-refractivity contribution in [2.24, 2.45) is 0 Å². The first-order chi connectivity index (χ1) is 8.33. The Morgan fingerprint density at radius 2 is 1.41 bits per heavy atom. The molecule has 87 valence electrons. The van der Waals surface area contributed by atoms with Crippen molar-refractivity contribution in [3.63, 3.8) is 0 Å². The van der Waals surface area contributed by atoms with E-state index in [1.807, 2.05) is 12.1 Å². The quantitative estimate of drug-likeness (QED) is 0.760. The number of aryl methyl sites for hydroxylation is 1. The molecular weight excluding hydrogens is 208 g/mol. The fourth-order valence-electron chi connectivity index (χ4n) is 1.85. The van der Waals surface area contributed by atoms with E-state index in [1.54, 1.807) is 7.11 Å². The van der Waals surface area contributed by atoms with Gasteiger partial charge in [-0.3, -0.25) is 0 Å². The molecule has 0 aliphatic carbocycles. The summed E-state index contributed by atoms with van der Waals surface area (Å²) in [6.45, 7) is 3.87. The van der Waals surface area contributed by atoms with Gasteiger partial charge in [0.05, 0.1) is 7.11 Å². The average Bonchev–Trinajstić information content (AvgIpc) is 2.40. The number of methoxy groups -OCH3 is 1. The van der Waals surface area contributed by atoms with Crippen molar-refractivity contribution in [3.05, 3.63) is 61.0 Å². The van der Waals surface area contributed by atoms with Crippen molar-refractivity contribution in [3.8, 4) is 16.9 Å². The molecule has 0 unspecified atom stereocenters. The molecule has 0 aliphatic heterocycles. The van der Waals surface area contributed by atoms with E-state index >= 15 is 0 Å². The van der Waals surface area contributed by atoms with Crippen molar-refractivity contribution in [2.75, 3.05) is 7.11 Å². The van der Waals surface area contributed by atoms with Gasteiger partial charge in [0.15, 0.2) is 0 Å². The van der Waals surface area contributed by atoms with Gasteiger partial charge in [-0.25, -0.2) is 0 Å². The summed E-state index contributed by atoms with van der Waals surface area (Å²) in [5.41, 5.74) is 3.80. The number of hydrogen-bond acceptors (Lipinski definition) is 1. The van der Waals surface area contributed by atoms with E-state index in [-0.39, 0.29) is 0 Å². The largest absolute Gasteiger partial charge is 0.497 e. The molecule has 0 bridgehead atoms. The minimum Gasteiger partial charge on any atom is -0.497 e. The molecule has 0 saturated carbocycles. The molecule has 0 N–H and O–H groups in total. The van der Waals surface area contributed by atoms with E-state index < -0.39 is 0 Å². The maximum Gasteiger partial charge on any atom is 0.118 e. The van der Waals surface area contributed by atoms with Gasteiger partial charge in [0, 0.05) is 0 Å². The van der Waals surface area contributed by atoms with Crippen LogP contribution in [-0.2, 0) is 6.42 Å². The molecule has 2 rings (SSSR count). The Morgan fingerprint density at radius 1 is 0.882 bits per heavy atom. The van der Waals surface area contributed by atoms with Gasteiger partial charge in [-0.2, -0.15) is 0 Å². The number of ether oxygens (including phenoxy) is 1. The monoisotopic (exact) mass is 225 g/mol. The van der Waals surface area contributed by atoms with Gasteiger partial charge in [-0.15, -0.1) is 0 Å². The van der Waals surface area contributed by atoms with Crippen LogP contribution >= 0.6 is 0 Å². The highest BCUT2D eigenvalue weighted by molar-refractivity contribution is 5.64. The molecule has 2 aromatic carbocycles. The first-order valence-corrected chi connectivity index (χ1v) is 5.86. The van der Waals surface area contributed by atoms with Crippen LogP contribution in [0.2, 0.25) is 0 Å². The summed E-state index contributed by atoms with van der Waals surface area (Å²) in [7, 11) is 1.68. The maximum absolute atomic E-state index is 5.15. The second-order valence-electron chi connectivity index (χ2n) is 4.03. The van der Waals surface area contributed by atoms with Gasteiger partial charge in [0.1, 0.15) is 5.75 Å². The summed E-state index contributed by atoms with van der Waals surface area (Å²) in [5, 5.41) is 0. The third-order valence-electron chi connectivity index (χ3n) is 2.84. The SMILES string of the molecule is [CH2]CCc1ccc(-c2ccc(OC)cc2)cc1. The lowest BCUT2D eigenvalue weighted by Gasteiger charge is -2.05.